The van der Waals surface area contributed by atoms with E-state index in [0.29, 0.717) is 22.7 Å². The Hall–Kier alpha value is -2.48. The number of anilines is 1. The Morgan fingerprint density at radius 2 is 1.74 bits per heavy atom. The predicted molar refractivity (Wildman–Crippen MR) is 73.9 cm³/mol. The van der Waals surface area contributed by atoms with Crippen LogP contribution in [-0.2, 0) is 0 Å². The van der Waals surface area contributed by atoms with E-state index in [1.807, 2.05) is 25.1 Å². The number of ether oxygens (including phenoxy) is 2. The maximum atomic E-state index is 9.04. The van der Waals surface area contributed by atoms with E-state index in [9.17, 15) is 0 Å². The lowest BCUT2D eigenvalue weighted by molar-refractivity contribution is 0.356. The maximum Gasteiger partial charge on any atom is 0.162 e. The number of pyridine rings is 1. The molecular weight excluding hydrogens is 242 g/mol. The van der Waals surface area contributed by atoms with E-state index in [0.717, 1.165) is 11.1 Å². The second-order valence-corrected chi connectivity index (χ2v) is 4.26. The summed E-state index contributed by atoms with van der Waals surface area (Å²) in [5, 5.41) is 9.96. The summed E-state index contributed by atoms with van der Waals surface area (Å²) < 4.78 is 10.6. The summed E-state index contributed by atoms with van der Waals surface area (Å²) in [5.41, 5.74) is 2.01. The molecule has 0 aliphatic rings. The van der Waals surface area contributed by atoms with Gasteiger partial charge in [0.15, 0.2) is 11.5 Å². The molecule has 1 aromatic carbocycles. The Kier molecular flexibility index (Phi) is 3.43. The summed E-state index contributed by atoms with van der Waals surface area (Å²) in [5.74, 6) is 1.24. The lowest BCUT2D eigenvalue weighted by Crippen LogP contribution is -2.10. The van der Waals surface area contributed by atoms with E-state index in [1.165, 1.54) is 0 Å². The van der Waals surface area contributed by atoms with E-state index in [-0.39, 0.29) is 0 Å². The molecule has 0 fully saturated rings. The molecule has 0 aliphatic heterocycles. The molecule has 0 bridgehead atoms. The van der Waals surface area contributed by atoms with Crippen LogP contribution in [0.25, 0.3) is 10.9 Å². The van der Waals surface area contributed by atoms with Gasteiger partial charge in [-0.15, -0.1) is 0 Å². The Balaban J connectivity index is 2.83. The third kappa shape index (κ3) is 2.25. The molecule has 0 radical (unpaired) electrons. The molecule has 0 saturated heterocycles. The minimum Gasteiger partial charge on any atom is -0.493 e. The molecule has 0 saturated carbocycles. The topological polar surface area (TPSA) is 58.4 Å². The van der Waals surface area contributed by atoms with Gasteiger partial charge in [0.05, 0.1) is 19.7 Å². The molecular formula is C14H15N3O2. The molecule has 5 nitrogen and oxygen atoms in total. The van der Waals surface area contributed by atoms with Crippen molar-refractivity contribution in [3.05, 3.63) is 23.9 Å². The fourth-order valence-electron chi connectivity index (χ4n) is 1.96. The van der Waals surface area contributed by atoms with Crippen molar-refractivity contribution >= 4 is 16.6 Å². The van der Waals surface area contributed by atoms with Crippen molar-refractivity contribution in [3.63, 3.8) is 0 Å². The number of nitrogens with zero attached hydrogens (tertiary/aromatic N) is 3. The van der Waals surface area contributed by atoms with Crippen molar-refractivity contribution in [2.75, 3.05) is 33.2 Å². The number of hydrogen-bond acceptors (Lipinski definition) is 5. The van der Waals surface area contributed by atoms with Gasteiger partial charge in [-0.05, 0) is 12.1 Å². The summed E-state index contributed by atoms with van der Waals surface area (Å²) in [6.45, 7) is 0. The molecule has 2 rings (SSSR count). The minimum absolute atomic E-state index is 0.378. The number of fused-ring (bicyclic) bond motifs is 1. The third-order valence-corrected chi connectivity index (χ3v) is 2.89. The number of methoxy groups -OCH3 is 2. The average molecular weight is 257 g/mol. The lowest BCUT2D eigenvalue weighted by atomic mass is 10.1. The van der Waals surface area contributed by atoms with E-state index >= 15 is 0 Å². The number of aromatic nitrogens is 1. The second-order valence-electron chi connectivity index (χ2n) is 4.26. The monoisotopic (exact) mass is 257 g/mol. The van der Waals surface area contributed by atoms with Gasteiger partial charge >= 0.3 is 0 Å². The molecule has 0 amide bonds. The summed E-state index contributed by atoms with van der Waals surface area (Å²) >= 11 is 0. The van der Waals surface area contributed by atoms with Crippen LogP contribution in [0.2, 0.25) is 0 Å². The molecule has 1 aromatic heterocycles. The van der Waals surface area contributed by atoms with Crippen LogP contribution in [0.15, 0.2) is 18.2 Å². The van der Waals surface area contributed by atoms with Crippen molar-refractivity contribution in [2.24, 2.45) is 0 Å². The normalized spacial score (nSPS) is 10.1. The van der Waals surface area contributed by atoms with Crippen LogP contribution in [-0.4, -0.2) is 33.3 Å². The van der Waals surface area contributed by atoms with Crippen molar-refractivity contribution in [2.45, 2.75) is 0 Å². The molecule has 19 heavy (non-hydrogen) atoms. The van der Waals surface area contributed by atoms with E-state index in [4.69, 9.17) is 14.7 Å². The van der Waals surface area contributed by atoms with Crippen molar-refractivity contribution < 1.29 is 9.47 Å². The largest absolute Gasteiger partial charge is 0.493 e. The first-order valence-corrected chi connectivity index (χ1v) is 5.75. The van der Waals surface area contributed by atoms with Gasteiger partial charge in [0.1, 0.15) is 11.8 Å². The van der Waals surface area contributed by atoms with Crippen molar-refractivity contribution in [1.82, 2.24) is 4.98 Å². The van der Waals surface area contributed by atoms with Crippen LogP contribution >= 0.6 is 0 Å². The Morgan fingerprint density at radius 3 is 2.26 bits per heavy atom. The van der Waals surface area contributed by atoms with Gasteiger partial charge in [-0.2, -0.15) is 5.26 Å². The van der Waals surface area contributed by atoms with Gasteiger partial charge in [-0.3, -0.25) is 0 Å². The fraction of sp³-hybridized carbons (Fsp3) is 0.286. The second kappa shape index (κ2) is 5.02. The molecule has 5 heteroatoms. The molecule has 0 unspecified atom stereocenters. The highest BCUT2D eigenvalue weighted by atomic mass is 16.5. The smallest absolute Gasteiger partial charge is 0.162 e. The van der Waals surface area contributed by atoms with Crippen LogP contribution in [0.4, 0.5) is 5.69 Å². The van der Waals surface area contributed by atoms with Gasteiger partial charge in [0, 0.05) is 31.2 Å². The first-order valence-electron chi connectivity index (χ1n) is 5.75. The van der Waals surface area contributed by atoms with Crippen molar-refractivity contribution in [1.29, 1.82) is 5.26 Å². The first-order chi connectivity index (χ1) is 9.10. The van der Waals surface area contributed by atoms with E-state index in [1.54, 1.807) is 26.4 Å². The van der Waals surface area contributed by atoms with Crippen LogP contribution in [0.3, 0.4) is 0 Å². The highest BCUT2D eigenvalue weighted by Gasteiger charge is 2.12. The summed E-state index contributed by atoms with van der Waals surface area (Å²) in [6, 6.07) is 7.48. The quantitative estimate of drug-likeness (QED) is 0.843. The van der Waals surface area contributed by atoms with Gasteiger partial charge in [-0.25, -0.2) is 4.98 Å². The highest BCUT2D eigenvalue weighted by Crippen LogP contribution is 2.35. The molecule has 98 valence electrons. The van der Waals surface area contributed by atoms with Crippen molar-refractivity contribution in [3.8, 4) is 17.6 Å². The van der Waals surface area contributed by atoms with Gasteiger partial charge in [0.2, 0.25) is 0 Å². The lowest BCUT2D eigenvalue weighted by Gasteiger charge is -2.17. The summed E-state index contributed by atoms with van der Waals surface area (Å²) in [6.07, 6.45) is 0. The Morgan fingerprint density at radius 1 is 1.11 bits per heavy atom. The van der Waals surface area contributed by atoms with Crippen LogP contribution in [0, 0.1) is 11.3 Å². The molecule has 0 spiro atoms. The van der Waals surface area contributed by atoms with Gasteiger partial charge in [0.25, 0.3) is 0 Å². The van der Waals surface area contributed by atoms with Gasteiger partial charge < -0.3 is 14.4 Å². The van der Waals surface area contributed by atoms with Crippen LogP contribution in [0.5, 0.6) is 11.5 Å². The standard InChI is InChI=1S/C14H15N3O2/c1-17(2)12-5-9(8-15)16-11-7-14(19-4)13(18-3)6-10(11)12/h5-7H,1-4H3. The Bertz CT molecular complexity index is 660. The van der Waals surface area contributed by atoms with Crippen LogP contribution < -0.4 is 14.4 Å². The van der Waals surface area contributed by atoms with Gasteiger partial charge in [-0.1, -0.05) is 0 Å². The number of rotatable bonds is 3. The molecule has 0 aliphatic carbocycles. The number of hydrogen-bond donors (Lipinski definition) is 0. The maximum absolute atomic E-state index is 9.04. The van der Waals surface area contributed by atoms with E-state index < -0.39 is 0 Å². The zero-order chi connectivity index (χ0) is 14.0. The summed E-state index contributed by atoms with van der Waals surface area (Å²) in [4.78, 5) is 6.24. The summed E-state index contributed by atoms with van der Waals surface area (Å²) in [7, 11) is 7.01. The predicted octanol–water partition coefficient (Wildman–Crippen LogP) is 2.19. The molecule has 2 aromatic rings. The molecule has 0 atom stereocenters. The SMILES string of the molecule is COc1cc2nc(C#N)cc(N(C)C)c2cc1OC. The molecule has 0 N–H and O–H groups in total. The fourth-order valence-corrected chi connectivity index (χ4v) is 1.96. The van der Waals surface area contributed by atoms with Crippen LogP contribution in [0.1, 0.15) is 5.69 Å². The average Bonchev–Trinajstić information content (AvgIpc) is 2.44. The highest BCUT2D eigenvalue weighted by molar-refractivity contribution is 5.94. The first kappa shape index (κ1) is 13.0. The Labute approximate surface area is 112 Å². The molecule has 1 heterocycles. The number of nitriles is 1. The number of benzene rings is 1. The zero-order valence-corrected chi connectivity index (χ0v) is 11.4. The van der Waals surface area contributed by atoms with E-state index in [2.05, 4.69) is 11.1 Å². The zero-order valence-electron chi connectivity index (χ0n) is 11.4. The minimum atomic E-state index is 0.378. The third-order valence-electron chi connectivity index (χ3n) is 2.89.